The first-order valence-electron chi connectivity index (χ1n) is 7.17. The standard InChI is InChI=1S/C15H16N2O4S2/c1-9(18)21-15(20)14-11(6-10-7-13(19)17(10)14)22-8-23-12-4-2-3-5-16-12/h2-5,9-10,18H,6-8H2,1H3/t9-,10+/m1/s1. The number of rotatable bonds is 6. The van der Waals surface area contributed by atoms with Crippen molar-refractivity contribution >= 4 is 35.4 Å². The number of β-lactam (4-membered cyclic amide) rings is 1. The lowest BCUT2D eigenvalue weighted by Gasteiger charge is -2.35. The van der Waals surface area contributed by atoms with Crippen LogP contribution in [0.2, 0.25) is 0 Å². The number of esters is 1. The Labute approximate surface area is 142 Å². The summed E-state index contributed by atoms with van der Waals surface area (Å²) in [5.41, 5.74) is 0.291. The van der Waals surface area contributed by atoms with Crippen molar-refractivity contribution in [1.82, 2.24) is 9.88 Å². The molecule has 1 aromatic heterocycles. The highest BCUT2D eigenvalue weighted by Crippen LogP contribution is 2.44. The lowest BCUT2D eigenvalue weighted by atomic mass is 10.0. The molecule has 3 rings (SSSR count). The van der Waals surface area contributed by atoms with Crippen LogP contribution < -0.4 is 0 Å². The molecule has 2 atom stereocenters. The number of thioether (sulfide) groups is 2. The zero-order chi connectivity index (χ0) is 16.4. The van der Waals surface area contributed by atoms with Crippen LogP contribution in [0, 0.1) is 0 Å². The van der Waals surface area contributed by atoms with E-state index in [2.05, 4.69) is 4.98 Å². The highest BCUT2D eigenvalue weighted by Gasteiger charge is 2.48. The van der Waals surface area contributed by atoms with E-state index in [1.807, 2.05) is 18.2 Å². The number of aromatic nitrogens is 1. The maximum atomic E-state index is 12.2. The number of aliphatic hydroxyl groups excluding tert-OH is 1. The monoisotopic (exact) mass is 352 g/mol. The molecule has 3 heterocycles. The second kappa shape index (κ2) is 6.94. The fourth-order valence-corrected chi connectivity index (χ4v) is 4.77. The summed E-state index contributed by atoms with van der Waals surface area (Å²) in [5, 5.41) is 10.8. The number of hydrogen-bond acceptors (Lipinski definition) is 7. The summed E-state index contributed by atoms with van der Waals surface area (Å²) < 4.78 is 4.86. The smallest absolute Gasteiger partial charge is 0.358 e. The van der Waals surface area contributed by atoms with Gasteiger partial charge in [0.2, 0.25) is 5.91 Å². The molecule has 0 aromatic carbocycles. The molecule has 1 fully saturated rings. The number of amides is 1. The Morgan fingerprint density at radius 2 is 2.30 bits per heavy atom. The molecular formula is C15H16N2O4S2. The van der Waals surface area contributed by atoms with Crippen molar-refractivity contribution in [3.63, 3.8) is 0 Å². The van der Waals surface area contributed by atoms with E-state index in [1.165, 1.54) is 23.6 Å². The summed E-state index contributed by atoms with van der Waals surface area (Å²) in [6.07, 6.45) is 1.67. The van der Waals surface area contributed by atoms with Crippen molar-refractivity contribution in [2.24, 2.45) is 0 Å². The van der Waals surface area contributed by atoms with Crippen molar-refractivity contribution in [3.8, 4) is 0 Å². The van der Waals surface area contributed by atoms with Crippen LogP contribution in [-0.2, 0) is 14.3 Å². The van der Waals surface area contributed by atoms with Crippen LogP contribution >= 0.6 is 23.5 Å². The second-order valence-electron chi connectivity index (χ2n) is 5.18. The summed E-state index contributed by atoms with van der Waals surface area (Å²) >= 11 is 3.09. The van der Waals surface area contributed by atoms with E-state index in [9.17, 15) is 14.7 Å². The molecule has 0 spiro atoms. The average molecular weight is 352 g/mol. The highest BCUT2D eigenvalue weighted by atomic mass is 32.2. The van der Waals surface area contributed by atoms with Gasteiger partial charge >= 0.3 is 5.97 Å². The zero-order valence-corrected chi connectivity index (χ0v) is 14.1. The quantitative estimate of drug-likeness (QED) is 0.363. The zero-order valence-electron chi connectivity index (χ0n) is 12.5. The third-order valence-electron chi connectivity index (χ3n) is 3.52. The van der Waals surface area contributed by atoms with E-state index in [0.717, 1.165) is 9.93 Å². The van der Waals surface area contributed by atoms with E-state index in [-0.39, 0.29) is 11.9 Å². The van der Waals surface area contributed by atoms with Gasteiger partial charge in [0, 0.05) is 29.0 Å². The first-order valence-corrected chi connectivity index (χ1v) is 9.14. The van der Waals surface area contributed by atoms with Crippen molar-refractivity contribution in [2.45, 2.75) is 37.1 Å². The SMILES string of the molecule is C[C@H](O)OC(=O)C1=C(SCSc2ccccn2)C[C@H]2CC(=O)N12. The molecule has 1 aromatic rings. The van der Waals surface area contributed by atoms with Gasteiger partial charge < -0.3 is 14.7 Å². The molecule has 0 bridgehead atoms. The Kier molecular flexibility index (Phi) is 4.93. The molecular weight excluding hydrogens is 336 g/mol. The summed E-state index contributed by atoms with van der Waals surface area (Å²) in [6.45, 7) is 1.37. The number of carbonyl (C=O) groups excluding carboxylic acids is 2. The summed E-state index contributed by atoms with van der Waals surface area (Å²) in [4.78, 5) is 30.5. The molecule has 23 heavy (non-hydrogen) atoms. The number of ether oxygens (including phenoxy) is 1. The molecule has 0 saturated carbocycles. The van der Waals surface area contributed by atoms with Gasteiger partial charge in [-0.2, -0.15) is 0 Å². The summed E-state index contributed by atoms with van der Waals surface area (Å²) in [5.74, 6) is -0.707. The van der Waals surface area contributed by atoms with E-state index >= 15 is 0 Å². The molecule has 8 heteroatoms. The number of nitrogens with zero attached hydrogens (tertiary/aromatic N) is 2. The van der Waals surface area contributed by atoms with E-state index in [0.29, 0.717) is 23.6 Å². The van der Waals surface area contributed by atoms with Gasteiger partial charge in [0.05, 0.1) is 11.1 Å². The van der Waals surface area contributed by atoms with Crippen LogP contribution in [0.5, 0.6) is 0 Å². The normalized spacial score (nSPS) is 21.0. The van der Waals surface area contributed by atoms with Gasteiger partial charge in [-0.05, 0) is 19.1 Å². The molecule has 122 valence electrons. The lowest BCUT2D eigenvalue weighted by Crippen LogP contribution is -2.50. The van der Waals surface area contributed by atoms with E-state index in [1.54, 1.807) is 18.0 Å². The Bertz CT molecular complexity index is 648. The molecule has 0 aliphatic carbocycles. The first-order chi connectivity index (χ1) is 11.1. The predicted molar refractivity (Wildman–Crippen MR) is 87.2 cm³/mol. The molecule has 0 radical (unpaired) electrons. The third kappa shape index (κ3) is 3.54. The molecule has 0 unspecified atom stereocenters. The molecule has 2 aliphatic rings. The maximum absolute atomic E-state index is 12.2. The molecule has 1 amide bonds. The van der Waals surface area contributed by atoms with Gasteiger partial charge in [-0.3, -0.25) is 4.79 Å². The topological polar surface area (TPSA) is 79.7 Å². The van der Waals surface area contributed by atoms with Gasteiger partial charge in [0.1, 0.15) is 5.70 Å². The van der Waals surface area contributed by atoms with Crippen LogP contribution in [0.4, 0.5) is 0 Å². The fourth-order valence-electron chi connectivity index (χ4n) is 2.54. The largest absolute Gasteiger partial charge is 0.432 e. The third-order valence-corrected chi connectivity index (χ3v) is 5.71. The van der Waals surface area contributed by atoms with Gasteiger partial charge in [0.25, 0.3) is 0 Å². The number of hydrogen-bond donors (Lipinski definition) is 1. The maximum Gasteiger partial charge on any atom is 0.358 e. The van der Waals surface area contributed by atoms with E-state index in [4.69, 9.17) is 4.74 Å². The van der Waals surface area contributed by atoms with Crippen LogP contribution in [0.15, 0.2) is 40.0 Å². The minimum Gasteiger partial charge on any atom is -0.432 e. The van der Waals surface area contributed by atoms with Crippen LogP contribution in [0.1, 0.15) is 19.8 Å². The van der Waals surface area contributed by atoms with Crippen LogP contribution in [0.25, 0.3) is 0 Å². The minimum absolute atomic E-state index is 0.0569. The Morgan fingerprint density at radius 1 is 1.48 bits per heavy atom. The van der Waals surface area contributed by atoms with Gasteiger partial charge in [-0.25, -0.2) is 9.78 Å². The fraction of sp³-hybridized carbons (Fsp3) is 0.400. The van der Waals surface area contributed by atoms with Crippen LogP contribution in [0.3, 0.4) is 0 Å². The second-order valence-corrected chi connectivity index (χ2v) is 7.61. The van der Waals surface area contributed by atoms with Gasteiger partial charge in [0.15, 0.2) is 6.29 Å². The van der Waals surface area contributed by atoms with Crippen LogP contribution in [-0.4, -0.2) is 44.3 Å². The predicted octanol–water partition coefficient (Wildman–Crippen LogP) is 1.96. The van der Waals surface area contributed by atoms with Gasteiger partial charge in [-0.15, -0.1) is 11.8 Å². The number of carbonyl (C=O) groups is 2. The van der Waals surface area contributed by atoms with Gasteiger partial charge in [-0.1, -0.05) is 17.8 Å². The Morgan fingerprint density at radius 3 is 2.96 bits per heavy atom. The Balaban J connectivity index is 1.68. The highest BCUT2D eigenvalue weighted by molar-refractivity contribution is 8.17. The molecule has 1 N–H and O–H groups in total. The first kappa shape index (κ1) is 16.4. The van der Waals surface area contributed by atoms with Crippen molar-refractivity contribution in [3.05, 3.63) is 35.0 Å². The molecule has 2 aliphatic heterocycles. The average Bonchev–Trinajstić information content (AvgIpc) is 2.80. The molecule has 1 saturated heterocycles. The minimum atomic E-state index is -1.19. The van der Waals surface area contributed by atoms with Crippen molar-refractivity contribution < 1.29 is 19.4 Å². The summed E-state index contributed by atoms with van der Waals surface area (Å²) in [7, 11) is 0. The lowest BCUT2D eigenvalue weighted by molar-refractivity contribution is -0.165. The number of fused-ring (bicyclic) bond motifs is 1. The number of pyridine rings is 1. The summed E-state index contributed by atoms with van der Waals surface area (Å²) in [6, 6.07) is 5.76. The van der Waals surface area contributed by atoms with Crippen molar-refractivity contribution in [2.75, 3.05) is 5.08 Å². The van der Waals surface area contributed by atoms with Crippen molar-refractivity contribution in [1.29, 1.82) is 0 Å². The molecule has 6 nitrogen and oxygen atoms in total. The number of aliphatic hydroxyl groups is 1. The Hall–Kier alpha value is -1.51. The van der Waals surface area contributed by atoms with E-state index < -0.39 is 12.3 Å².